The number of hydrogen-bond acceptors (Lipinski definition) is 18. The molecule has 2 spiro atoms. The Balaban J connectivity index is 1.09. The zero-order valence-corrected chi connectivity index (χ0v) is 36.8. The molecule has 7 fully saturated rings. The molecule has 3 saturated heterocycles. The van der Waals surface area contributed by atoms with E-state index in [9.17, 15) is 51.0 Å². The van der Waals surface area contributed by atoms with E-state index in [0.29, 0.717) is 12.0 Å². The number of fused-ring (bicyclic) bond motifs is 3. The summed E-state index contributed by atoms with van der Waals surface area (Å²) in [6.07, 6.45) is -9.75. The van der Waals surface area contributed by atoms with Crippen molar-refractivity contribution in [3.8, 4) is 5.75 Å². The summed E-state index contributed by atoms with van der Waals surface area (Å²) >= 11 is 5.33. The van der Waals surface area contributed by atoms with Crippen LogP contribution in [0.5, 0.6) is 5.75 Å². The van der Waals surface area contributed by atoms with E-state index in [-0.39, 0.29) is 45.3 Å². The summed E-state index contributed by atoms with van der Waals surface area (Å²) in [4.78, 5) is 62.4. The van der Waals surface area contributed by atoms with Gasteiger partial charge in [-0.1, -0.05) is 6.92 Å². The van der Waals surface area contributed by atoms with Gasteiger partial charge in [-0.3, -0.25) is 14.4 Å². The third-order valence-corrected chi connectivity index (χ3v) is 15.4. The van der Waals surface area contributed by atoms with E-state index in [1.54, 1.807) is 6.92 Å². The lowest BCUT2D eigenvalue weighted by molar-refractivity contribution is -0.325. The van der Waals surface area contributed by atoms with Crippen molar-refractivity contribution in [3.63, 3.8) is 0 Å². The molecule has 1 aromatic carbocycles. The zero-order chi connectivity index (χ0) is 47.6. The number of ether oxygens (including phenoxy) is 11. The van der Waals surface area contributed by atoms with Crippen molar-refractivity contribution in [1.29, 1.82) is 0 Å². The van der Waals surface area contributed by atoms with Crippen LogP contribution in [0.1, 0.15) is 73.1 Å². The number of esters is 4. The molecule has 0 unspecified atom stereocenters. The van der Waals surface area contributed by atoms with E-state index >= 15 is 0 Å². The Hall–Kier alpha value is -4.71. The van der Waals surface area contributed by atoms with Crippen LogP contribution in [0, 0.1) is 57.7 Å². The van der Waals surface area contributed by atoms with Gasteiger partial charge in [-0.25, -0.2) is 22.8 Å². The summed E-state index contributed by atoms with van der Waals surface area (Å²) in [5.74, 6) is -18.5. The Morgan fingerprint density at radius 2 is 1.47 bits per heavy atom. The van der Waals surface area contributed by atoms with Crippen molar-refractivity contribution < 1.29 is 103 Å². The minimum atomic E-state index is -2.42. The van der Waals surface area contributed by atoms with E-state index in [4.69, 9.17) is 64.3 Å². The topological polar surface area (TPSA) is 210 Å². The normalized spacial score (nSPS) is 41.7. The predicted octanol–water partition coefficient (Wildman–Crippen LogP) is 4.48. The maximum Gasteiger partial charge on any atom is 0.508 e. The molecule has 0 aromatic heterocycles. The predicted molar refractivity (Wildman–Crippen MR) is 207 cm³/mol. The number of hydrogen-bond donors (Lipinski definition) is 1. The molecule has 9 rings (SSSR count). The molecule has 4 saturated carbocycles. The molecule has 1 N–H and O–H groups in total. The summed E-state index contributed by atoms with van der Waals surface area (Å²) in [5, 5.41) is 12.1. The van der Waals surface area contributed by atoms with Gasteiger partial charge in [0, 0.05) is 63.2 Å². The smallest absolute Gasteiger partial charge is 0.458 e. The minimum absolute atomic E-state index is 0.0216. The van der Waals surface area contributed by atoms with Crippen molar-refractivity contribution in [2.75, 3.05) is 13.2 Å². The third-order valence-electron chi connectivity index (χ3n) is 15.3. The van der Waals surface area contributed by atoms with Gasteiger partial charge in [0.15, 0.2) is 24.6 Å². The highest BCUT2D eigenvalue weighted by Crippen LogP contribution is 2.76. The Labute approximate surface area is 377 Å². The number of carbonyl (C=O) groups is 5. The summed E-state index contributed by atoms with van der Waals surface area (Å²) < 4.78 is 137. The molecule has 23 heteroatoms. The molecule has 66 heavy (non-hydrogen) atoms. The fourth-order valence-electron chi connectivity index (χ4n) is 12.8. The molecule has 0 radical (unpaired) electrons. The van der Waals surface area contributed by atoms with Crippen molar-refractivity contribution in [1.82, 2.24) is 0 Å². The highest BCUT2D eigenvalue weighted by Gasteiger charge is 2.86. The van der Waals surface area contributed by atoms with Crippen LogP contribution >= 0.6 is 12.2 Å². The molecule has 16 atom stereocenters. The SMILES string of the molecule is CC(=O)O[C@@H]1[C@@H](OC(C)=O)[C@H](C)O[C@@H](O[C@H]2C[C@H]3OC(=O)OC[C@]34[C@@H]3[C@@H](C[C@H]5O[C@]54C2)[C@@]2(O)CC[C@H](C4=CC(=O)OC4)[C@@]2(C)C[C@H]3OC(=S)Oc2c(F)c(F)c(F)c(F)c2F)[C@@H]1OC(C)=O. The highest BCUT2D eigenvalue weighted by molar-refractivity contribution is 7.79. The van der Waals surface area contributed by atoms with Crippen LogP contribution in [-0.2, 0) is 66.5 Å². The summed E-state index contributed by atoms with van der Waals surface area (Å²) in [6, 6.07) is 0. The van der Waals surface area contributed by atoms with Gasteiger partial charge < -0.3 is 57.2 Å². The first-order valence-electron chi connectivity index (χ1n) is 21.4. The van der Waals surface area contributed by atoms with Crippen LogP contribution in [0.3, 0.4) is 0 Å². The number of carbonyl (C=O) groups excluding carboxylic acids is 5. The number of cyclic esters (lactones) is 2. The lowest BCUT2D eigenvalue weighted by Gasteiger charge is -2.66. The van der Waals surface area contributed by atoms with E-state index in [1.165, 1.54) is 13.0 Å². The van der Waals surface area contributed by atoms with Gasteiger partial charge in [-0.05, 0) is 50.0 Å². The average molecular weight is 961 g/mol. The van der Waals surface area contributed by atoms with E-state index < -0.39 is 165 Å². The molecular formula is C43H45F5O17S. The van der Waals surface area contributed by atoms with Crippen LogP contribution in [0.4, 0.5) is 26.7 Å². The van der Waals surface area contributed by atoms with Crippen LogP contribution in [0.25, 0.3) is 0 Å². The van der Waals surface area contributed by atoms with Gasteiger partial charge in [0.1, 0.15) is 31.0 Å². The van der Waals surface area contributed by atoms with Gasteiger partial charge >= 0.3 is 35.3 Å². The van der Waals surface area contributed by atoms with Gasteiger partial charge in [-0.15, -0.1) is 0 Å². The Morgan fingerprint density at radius 1 is 0.833 bits per heavy atom. The van der Waals surface area contributed by atoms with Crippen LogP contribution in [0.2, 0.25) is 0 Å². The second-order valence-electron chi connectivity index (χ2n) is 18.6. The molecule has 0 bridgehead atoms. The first-order valence-corrected chi connectivity index (χ1v) is 21.8. The number of aliphatic hydroxyl groups is 1. The first kappa shape index (κ1) is 46.4. The number of thiocarbonyl (C=S) groups is 1. The number of halogens is 5. The first-order chi connectivity index (χ1) is 31.0. The quantitative estimate of drug-likeness (QED) is 0.0557. The Morgan fingerprint density at radius 3 is 2.11 bits per heavy atom. The molecule has 8 aliphatic rings. The summed E-state index contributed by atoms with van der Waals surface area (Å²) in [7, 11) is 0. The van der Waals surface area contributed by atoms with Crippen LogP contribution in [-0.4, -0.2) is 120 Å². The Kier molecular flexibility index (Phi) is 11.4. The molecule has 4 aliphatic carbocycles. The second kappa shape index (κ2) is 16.2. The van der Waals surface area contributed by atoms with E-state index in [2.05, 4.69) is 0 Å². The van der Waals surface area contributed by atoms with E-state index in [1.807, 2.05) is 0 Å². The van der Waals surface area contributed by atoms with Gasteiger partial charge in [0.25, 0.3) is 0 Å². The number of rotatable bonds is 8. The minimum Gasteiger partial charge on any atom is -0.458 e. The largest absolute Gasteiger partial charge is 0.508 e. The lowest BCUT2D eigenvalue weighted by atomic mass is 9.41. The monoisotopic (exact) mass is 960 g/mol. The molecule has 360 valence electrons. The van der Waals surface area contributed by atoms with Gasteiger partial charge in [-0.2, -0.15) is 8.78 Å². The van der Waals surface area contributed by atoms with Crippen molar-refractivity contribution in [2.45, 2.75) is 139 Å². The molecule has 4 aliphatic heterocycles. The van der Waals surface area contributed by atoms with Crippen molar-refractivity contribution in [2.24, 2.45) is 28.6 Å². The summed E-state index contributed by atoms with van der Waals surface area (Å²) in [6.45, 7) is 6.25. The lowest BCUT2D eigenvalue weighted by Crippen LogP contribution is -2.75. The van der Waals surface area contributed by atoms with Crippen molar-refractivity contribution in [3.05, 3.63) is 40.7 Å². The molecule has 0 amide bonds. The molecule has 17 nitrogen and oxygen atoms in total. The average Bonchev–Trinajstić information content (AvgIpc) is 3.65. The molecule has 4 heterocycles. The maximum atomic E-state index is 14.9. The molecule has 1 aromatic rings. The number of epoxide rings is 1. The third kappa shape index (κ3) is 7.03. The van der Waals surface area contributed by atoms with E-state index in [0.717, 1.165) is 20.8 Å². The van der Waals surface area contributed by atoms with Gasteiger partial charge in [0.2, 0.25) is 34.8 Å². The zero-order valence-electron chi connectivity index (χ0n) is 35.9. The summed E-state index contributed by atoms with van der Waals surface area (Å²) in [5.41, 5.74) is -4.81. The number of benzene rings is 1. The van der Waals surface area contributed by atoms with Gasteiger partial charge in [0.05, 0.1) is 29.3 Å². The fraction of sp³-hybridized carbons (Fsp3) is 0.674. The maximum absolute atomic E-state index is 14.9. The highest BCUT2D eigenvalue weighted by atomic mass is 32.1. The van der Waals surface area contributed by atoms with Crippen LogP contribution in [0.15, 0.2) is 11.6 Å². The standard InChI is InChI=1S/C43H45F5O17S/c1-15-33(58-16(2)49)35(59-17(3)50)36(60-18(4)51)37(57-15)61-20-9-24-41(14-56-38(53)63-24)27-22(10-25-43(41,11-20)65-25)42(54)7-6-21(19-8-26(52)55-13-19)40(42,5)12-23(27)62-39(66)64-34-31(47)29(45)28(44)30(46)32(34)48/h8,15,20-25,27,33,35-37,54H,6-7,9-14H2,1-5H3/t15-,20-,21+,22+,23+,24+,25+,27+,33-,35+,36+,37-,40+,41+,42-,43+/m0/s1. The fourth-order valence-corrected chi connectivity index (χ4v) is 13.0. The Bertz CT molecular complexity index is 2290. The van der Waals surface area contributed by atoms with Crippen LogP contribution < -0.4 is 4.74 Å². The molecular weight excluding hydrogens is 916 g/mol. The van der Waals surface area contributed by atoms with Crippen molar-refractivity contribution >= 4 is 47.5 Å². The second-order valence-corrected chi connectivity index (χ2v) is 18.9.